The van der Waals surface area contributed by atoms with Crippen molar-refractivity contribution in [3.63, 3.8) is 0 Å². The van der Waals surface area contributed by atoms with Crippen molar-refractivity contribution in [3.05, 3.63) is 17.5 Å². The molecule has 1 heterocycles. The Morgan fingerprint density at radius 2 is 2.36 bits per heavy atom. The predicted octanol–water partition coefficient (Wildman–Crippen LogP) is 0.588. The molecular weight excluding hydrogens is 170 g/mol. The first-order valence-electron chi connectivity index (χ1n) is 2.63. The summed E-state index contributed by atoms with van der Waals surface area (Å²) in [5, 5.41) is 0.142. The van der Waals surface area contributed by atoms with Gasteiger partial charge in [0.05, 0.1) is 12.4 Å². The second-order valence-corrected chi connectivity index (χ2v) is 1.99. The van der Waals surface area contributed by atoms with Crippen LogP contribution in [0.2, 0.25) is 5.15 Å². The molecule has 5 nitrogen and oxygen atoms in total. The molecule has 0 aromatic carbocycles. The monoisotopic (exact) mass is 173 g/mol. The molecule has 0 saturated heterocycles. The first-order chi connectivity index (χ1) is 5.18. The number of amides is 1. The number of ether oxygens (including phenoxy) is 1. The lowest BCUT2D eigenvalue weighted by Crippen LogP contribution is -2.16. The van der Waals surface area contributed by atoms with Crippen molar-refractivity contribution in [2.75, 3.05) is 0 Å². The molecule has 0 unspecified atom stereocenters. The molecule has 2 N–H and O–H groups in total. The highest BCUT2D eigenvalue weighted by Crippen LogP contribution is 2.08. The Balaban J connectivity index is 2.79. The number of carbonyl (C=O) groups excluding carboxylic acids is 1. The minimum atomic E-state index is -0.943. The third-order valence-electron chi connectivity index (χ3n) is 0.788. The lowest BCUT2D eigenvalue weighted by atomic mass is 10.7. The molecule has 0 spiro atoms. The minimum absolute atomic E-state index is 0.00926. The van der Waals surface area contributed by atoms with Gasteiger partial charge in [-0.25, -0.2) is 4.79 Å². The summed E-state index contributed by atoms with van der Waals surface area (Å²) in [5.74, 6) is -0.00926. The summed E-state index contributed by atoms with van der Waals surface area (Å²) in [6.07, 6.45) is 1.60. The molecule has 0 aliphatic heterocycles. The molecule has 1 aromatic heterocycles. The number of hydrogen-bond donors (Lipinski definition) is 1. The van der Waals surface area contributed by atoms with Crippen LogP contribution in [0.5, 0.6) is 5.88 Å². The normalized spacial score (nSPS) is 9.18. The van der Waals surface area contributed by atoms with Gasteiger partial charge in [0.1, 0.15) is 0 Å². The SMILES string of the molecule is NC(=O)Oc1cncc(Cl)n1. The maximum Gasteiger partial charge on any atom is 0.411 e. The number of nitrogens with zero attached hydrogens (tertiary/aromatic N) is 2. The van der Waals surface area contributed by atoms with E-state index in [9.17, 15) is 4.79 Å². The Kier molecular flexibility index (Phi) is 2.22. The van der Waals surface area contributed by atoms with Crippen LogP contribution in [0.3, 0.4) is 0 Å². The Morgan fingerprint density at radius 1 is 1.64 bits per heavy atom. The Morgan fingerprint density at radius 3 is 2.91 bits per heavy atom. The van der Waals surface area contributed by atoms with Crippen molar-refractivity contribution >= 4 is 17.7 Å². The van der Waals surface area contributed by atoms with Gasteiger partial charge in [-0.2, -0.15) is 4.98 Å². The lowest BCUT2D eigenvalue weighted by molar-refractivity contribution is 0.209. The zero-order valence-corrected chi connectivity index (χ0v) is 6.08. The second kappa shape index (κ2) is 3.16. The van der Waals surface area contributed by atoms with Gasteiger partial charge >= 0.3 is 6.09 Å². The largest absolute Gasteiger partial charge is 0.411 e. The number of nitrogens with two attached hydrogens (primary N) is 1. The van der Waals surface area contributed by atoms with E-state index in [1.165, 1.54) is 12.4 Å². The molecule has 1 rings (SSSR count). The summed E-state index contributed by atoms with van der Waals surface area (Å²) in [4.78, 5) is 17.4. The fourth-order valence-electron chi connectivity index (χ4n) is 0.478. The summed E-state index contributed by atoms with van der Waals surface area (Å²) >= 11 is 5.42. The average Bonchev–Trinajstić information content (AvgIpc) is 1.85. The van der Waals surface area contributed by atoms with Crippen LogP contribution in [-0.2, 0) is 0 Å². The smallest absolute Gasteiger partial charge is 0.390 e. The number of rotatable bonds is 1. The van der Waals surface area contributed by atoms with Crippen LogP contribution < -0.4 is 10.5 Å². The van der Waals surface area contributed by atoms with E-state index in [-0.39, 0.29) is 11.0 Å². The van der Waals surface area contributed by atoms with Crippen LogP contribution in [0.4, 0.5) is 4.79 Å². The Hall–Kier alpha value is -1.36. The number of carbonyl (C=O) groups is 1. The van der Waals surface area contributed by atoms with Crippen LogP contribution in [0.25, 0.3) is 0 Å². The van der Waals surface area contributed by atoms with Gasteiger partial charge in [-0.3, -0.25) is 4.98 Å². The molecule has 11 heavy (non-hydrogen) atoms. The Labute approximate surface area is 67.2 Å². The zero-order chi connectivity index (χ0) is 8.27. The van der Waals surface area contributed by atoms with E-state index in [2.05, 4.69) is 14.7 Å². The predicted molar refractivity (Wildman–Crippen MR) is 37.3 cm³/mol. The van der Waals surface area contributed by atoms with Gasteiger partial charge in [0.15, 0.2) is 5.15 Å². The summed E-state index contributed by atoms with van der Waals surface area (Å²) in [6.45, 7) is 0. The Bertz CT molecular complexity index is 278. The van der Waals surface area contributed by atoms with E-state index in [0.717, 1.165) is 0 Å². The van der Waals surface area contributed by atoms with Crippen LogP contribution in [0, 0.1) is 0 Å². The molecule has 1 aromatic rings. The van der Waals surface area contributed by atoms with E-state index in [1.54, 1.807) is 0 Å². The molecule has 6 heteroatoms. The first kappa shape index (κ1) is 7.74. The summed E-state index contributed by atoms with van der Waals surface area (Å²) in [6, 6.07) is 0. The van der Waals surface area contributed by atoms with E-state index in [4.69, 9.17) is 17.3 Å². The van der Waals surface area contributed by atoms with Crippen LogP contribution in [0.1, 0.15) is 0 Å². The standard InChI is InChI=1S/C5H4ClN3O2/c6-3-1-8-2-4(9-3)11-5(7)10/h1-2H,(H2,7,10). The molecule has 0 bridgehead atoms. The van der Waals surface area contributed by atoms with Gasteiger partial charge in [0.2, 0.25) is 5.88 Å². The number of aromatic nitrogens is 2. The molecule has 0 radical (unpaired) electrons. The topological polar surface area (TPSA) is 78.1 Å². The zero-order valence-electron chi connectivity index (χ0n) is 5.32. The number of primary amides is 1. The van der Waals surface area contributed by atoms with Gasteiger partial charge in [0.25, 0.3) is 0 Å². The molecule has 0 aliphatic rings. The summed E-state index contributed by atoms with van der Waals surface area (Å²) in [7, 11) is 0. The van der Waals surface area contributed by atoms with Gasteiger partial charge in [-0.1, -0.05) is 11.6 Å². The van der Waals surface area contributed by atoms with Crippen molar-refractivity contribution in [1.82, 2.24) is 9.97 Å². The van der Waals surface area contributed by atoms with Crippen molar-refractivity contribution in [1.29, 1.82) is 0 Å². The van der Waals surface area contributed by atoms with Gasteiger partial charge in [-0.15, -0.1) is 0 Å². The quantitative estimate of drug-likeness (QED) is 0.674. The van der Waals surface area contributed by atoms with E-state index >= 15 is 0 Å². The third-order valence-corrected chi connectivity index (χ3v) is 0.970. The minimum Gasteiger partial charge on any atom is -0.390 e. The average molecular weight is 174 g/mol. The maximum atomic E-state index is 10.2. The van der Waals surface area contributed by atoms with Crippen LogP contribution in [-0.4, -0.2) is 16.1 Å². The van der Waals surface area contributed by atoms with Crippen molar-refractivity contribution < 1.29 is 9.53 Å². The molecule has 0 aliphatic carbocycles. The lowest BCUT2D eigenvalue weighted by Gasteiger charge is -1.96. The molecule has 0 fully saturated rings. The van der Waals surface area contributed by atoms with Gasteiger partial charge < -0.3 is 10.5 Å². The van der Waals surface area contributed by atoms with Crippen molar-refractivity contribution in [2.24, 2.45) is 5.73 Å². The number of halogens is 1. The maximum absolute atomic E-state index is 10.2. The highest BCUT2D eigenvalue weighted by molar-refractivity contribution is 6.29. The van der Waals surface area contributed by atoms with Crippen LogP contribution >= 0.6 is 11.6 Å². The fourth-order valence-corrected chi connectivity index (χ4v) is 0.617. The molecular formula is C5H4ClN3O2. The molecule has 0 saturated carbocycles. The van der Waals surface area contributed by atoms with E-state index in [1.807, 2.05) is 0 Å². The summed E-state index contributed by atoms with van der Waals surface area (Å²) in [5.41, 5.74) is 4.70. The highest BCUT2D eigenvalue weighted by atomic mass is 35.5. The van der Waals surface area contributed by atoms with Crippen molar-refractivity contribution in [3.8, 4) is 5.88 Å². The van der Waals surface area contributed by atoms with Crippen molar-refractivity contribution in [2.45, 2.75) is 0 Å². The molecule has 0 atom stereocenters. The first-order valence-corrected chi connectivity index (χ1v) is 3.01. The van der Waals surface area contributed by atoms with Crippen LogP contribution in [0.15, 0.2) is 12.4 Å². The summed E-state index contributed by atoms with van der Waals surface area (Å²) < 4.78 is 4.38. The third kappa shape index (κ3) is 2.38. The molecule has 1 amide bonds. The van der Waals surface area contributed by atoms with E-state index < -0.39 is 6.09 Å². The number of hydrogen-bond acceptors (Lipinski definition) is 4. The van der Waals surface area contributed by atoms with E-state index in [0.29, 0.717) is 0 Å². The highest BCUT2D eigenvalue weighted by Gasteiger charge is 2.00. The van der Waals surface area contributed by atoms with Gasteiger partial charge in [-0.05, 0) is 0 Å². The fraction of sp³-hybridized carbons (Fsp3) is 0. The molecule has 58 valence electrons. The second-order valence-electron chi connectivity index (χ2n) is 1.60. The van der Waals surface area contributed by atoms with Gasteiger partial charge in [0, 0.05) is 0 Å².